The van der Waals surface area contributed by atoms with Gasteiger partial charge in [0.15, 0.2) is 0 Å². The summed E-state index contributed by atoms with van der Waals surface area (Å²) in [6.45, 7) is 0. The molecule has 5 heteroatoms. The smallest absolute Gasteiger partial charge is 0.238 e. The van der Waals surface area contributed by atoms with Crippen molar-refractivity contribution in [1.82, 2.24) is 14.5 Å². The predicted octanol–water partition coefficient (Wildman–Crippen LogP) is 13.5. The summed E-state index contributed by atoms with van der Waals surface area (Å²) in [5.41, 5.74) is 7.75. The van der Waals surface area contributed by atoms with Crippen LogP contribution in [0.25, 0.3) is 114 Å². The van der Waals surface area contributed by atoms with Gasteiger partial charge in [0.05, 0.1) is 22.1 Å². The lowest BCUT2D eigenvalue weighted by molar-refractivity contribution is 0.651. The monoisotopic (exact) mass is 693 g/mol. The molecule has 0 amide bonds. The molecular formula is C48H27N3OS. The highest BCUT2D eigenvalue weighted by molar-refractivity contribution is 7.27. The van der Waals surface area contributed by atoms with E-state index < -0.39 is 0 Å². The molecule has 0 spiro atoms. The van der Waals surface area contributed by atoms with Crippen LogP contribution in [0.2, 0.25) is 0 Å². The molecule has 12 rings (SSSR count). The Bertz CT molecular complexity index is 3450. The summed E-state index contributed by atoms with van der Waals surface area (Å²) < 4.78 is 11.4. The summed E-state index contributed by atoms with van der Waals surface area (Å²) in [7, 11) is 0. The molecule has 0 unspecified atom stereocenters. The van der Waals surface area contributed by atoms with Crippen LogP contribution in [0.15, 0.2) is 168 Å². The van der Waals surface area contributed by atoms with Gasteiger partial charge < -0.3 is 4.42 Å². The van der Waals surface area contributed by atoms with Crippen LogP contribution in [-0.4, -0.2) is 14.5 Å². The fraction of sp³-hybridized carbons (Fsp3) is 0. The lowest BCUT2D eigenvalue weighted by Crippen LogP contribution is -2.03. The first kappa shape index (κ1) is 28.8. The van der Waals surface area contributed by atoms with Crippen molar-refractivity contribution in [2.24, 2.45) is 0 Å². The molecule has 4 nitrogen and oxygen atoms in total. The summed E-state index contributed by atoms with van der Waals surface area (Å²) in [5, 5.41) is 11.7. The van der Waals surface area contributed by atoms with E-state index in [-0.39, 0.29) is 0 Å². The second kappa shape index (κ2) is 10.8. The van der Waals surface area contributed by atoms with Gasteiger partial charge >= 0.3 is 0 Å². The largest absolute Gasteiger partial charge is 0.437 e. The van der Waals surface area contributed by atoms with Crippen LogP contribution in [0.4, 0.5) is 0 Å². The van der Waals surface area contributed by atoms with Crippen LogP contribution in [0.1, 0.15) is 0 Å². The van der Waals surface area contributed by atoms with Crippen molar-refractivity contribution in [3.63, 3.8) is 0 Å². The number of rotatable bonds is 3. The number of furan rings is 1. The van der Waals surface area contributed by atoms with Crippen LogP contribution < -0.4 is 0 Å². The van der Waals surface area contributed by atoms with Gasteiger partial charge in [-0.2, -0.15) is 4.98 Å². The Labute approximate surface area is 306 Å². The van der Waals surface area contributed by atoms with Gasteiger partial charge in [-0.3, -0.25) is 4.57 Å². The minimum atomic E-state index is 0.571. The molecule has 8 aromatic carbocycles. The van der Waals surface area contributed by atoms with E-state index in [0.717, 1.165) is 44.2 Å². The molecule has 4 heterocycles. The molecule has 0 aliphatic rings. The third-order valence-electron chi connectivity index (χ3n) is 10.8. The quantitative estimate of drug-likeness (QED) is 0.185. The third-order valence-corrected chi connectivity index (χ3v) is 12.0. The molecule has 0 saturated heterocycles. The number of nitrogens with zero attached hydrogens (tertiary/aromatic N) is 3. The van der Waals surface area contributed by atoms with E-state index in [4.69, 9.17) is 14.4 Å². The highest BCUT2D eigenvalue weighted by atomic mass is 32.1. The number of fused-ring (bicyclic) bond motifs is 14. The van der Waals surface area contributed by atoms with E-state index in [1.807, 2.05) is 29.5 Å². The van der Waals surface area contributed by atoms with E-state index in [9.17, 15) is 0 Å². The summed E-state index contributed by atoms with van der Waals surface area (Å²) in [5.74, 6) is 0.583. The Kier molecular flexibility index (Phi) is 5.90. The predicted molar refractivity (Wildman–Crippen MR) is 222 cm³/mol. The van der Waals surface area contributed by atoms with Gasteiger partial charge in [0.2, 0.25) is 11.7 Å². The summed E-state index contributed by atoms with van der Waals surface area (Å²) >= 11 is 1.87. The zero-order chi connectivity index (χ0) is 34.6. The second-order valence-electron chi connectivity index (χ2n) is 13.7. The number of thiophene rings is 1. The summed E-state index contributed by atoms with van der Waals surface area (Å²) in [6.07, 6.45) is 0. The van der Waals surface area contributed by atoms with E-state index in [0.29, 0.717) is 11.7 Å². The average molecular weight is 694 g/mol. The van der Waals surface area contributed by atoms with Gasteiger partial charge in [0.1, 0.15) is 5.58 Å². The molecular weight excluding hydrogens is 667 g/mol. The number of hydrogen-bond acceptors (Lipinski definition) is 4. The zero-order valence-corrected chi connectivity index (χ0v) is 29.1. The number of benzene rings is 8. The Balaban J connectivity index is 1.18. The van der Waals surface area contributed by atoms with Crippen LogP contribution in [0, 0.1) is 0 Å². The first-order valence-corrected chi connectivity index (χ1v) is 18.7. The SMILES string of the molecule is c1ccc2c(-c3ccc(-c4nc(-n5c6ccccc6c6c7c8ccccc8sc7c7ccccc7c65)nc5oc6ccccc6c45)cc3)cccc2c1. The van der Waals surface area contributed by atoms with Gasteiger partial charge in [0.25, 0.3) is 0 Å². The fourth-order valence-electron chi connectivity index (χ4n) is 8.53. The van der Waals surface area contributed by atoms with E-state index >= 15 is 0 Å². The molecule has 0 saturated carbocycles. The molecule has 0 aliphatic heterocycles. The molecule has 0 bridgehead atoms. The second-order valence-corrected chi connectivity index (χ2v) is 14.7. The third kappa shape index (κ3) is 4.05. The van der Waals surface area contributed by atoms with Crippen LogP contribution >= 0.6 is 11.3 Å². The number of aromatic nitrogens is 3. The first-order valence-electron chi connectivity index (χ1n) is 17.8. The van der Waals surface area contributed by atoms with Gasteiger partial charge in [-0.15, -0.1) is 11.3 Å². The van der Waals surface area contributed by atoms with Crippen molar-refractivity contribution < 1.29 is 4.42 Å². The molecule has 0 fully saturated rings. The topological polar surface area (TPSA) is 43.9 Å². The van der Waals surface area contributed by atoms with Crippen molar-refractivity contribution in [3.05, 3.63) is 164 Å². The number of hydrogen-bond donors (Lipinski definition) is 0. The molecule has 246 valence electrons. The Morgan fingerprint density at radius 3 is 2.00 bits per heavy atom. The number of para-hydroxylation sites is 2. The van der Waals surface area contributed by atoms with E-state index in [1.54, 1.807) is 0 Å². The minimum absolute atomic E-state index is 0.571. The molecule has 0 aliphatic carbocycles. The lowest BCUT2D eigenvalue weighted by atomic mass is 9.96. The van der Waals surface area contributed by atoms with Gasteiger partial charge in [0, 0.05) is 52.7 Å². The Morgan fingerprint density at radius 2 is 1.13 bits per heavy atom. The maximum atomic E-state index is 6.56. The molecule has 53 heavy (non-hydrogen) atoms. The molecule has 4 aromatic heterocycles. The standard InChI is InChI=1S/C48H27N3OS/c1-2-14-31-28(12-1)13-11-20-32(31)29-24-26-30(27-25-29)44-43-36-18-6-9-22-39(36)52-47(43)50-48(49-44)51-38-21-8-5-17-35(38)41-42-37-19-7-10-23-40(37)53-46(42)34-16-4-3-15-33(34)45(41)51/h1-27H. The van der Waals surface area contributed by atoms with E-state index in [1.165, 1.54) is 58.1 Å². The van der Waals surface area contributed by atoms with Crippen LogP contribution in [-0.2, 0) is 0 Å². The van der Waals surface area contributed by atoms with Crippen LogP contribution in [0.3, 0.4) is 0 Å². The van der Waals surface area contributed by atoms with Gasteiger partial charge in [-0.25, -0.2) is 4.98 Å². The van der Waals surface area contributed by atoms with Crippen molar-refractivity contribution in [3.8, 4) is 28.3 Å². The van der Waals surface area contributed by atoms with Crippen molar-refractivity contribution in [1.29, 1.82) is 0 Å². The first-order chi connectivity index (χ1) is 26.3. The van der Waals surface area contributed by atoms with Gasteiger partial charge in [-0.1, -0.05) is 146 Å². The minimum Gasteiger partial charge on any atom is -0.437 e. The molecule has 0 N–H and O–H groups in total. The lowest BCUT2D eigenvalue weighted by Gasteiger charge is -2.12. The molecule has 0 atom stereocenters. The molecule has 0 radical (unpaired) electrons. The van der Waals surface area contributed by atoms with Crippen LogP contribution in [0.5, 0.6) is 0 Å². The normalized spacial score (nSPS) is 12.2. The van der Waals surface area contributed by atoms with Crippen molar-refractivity contribution >= 4 is 96.9 Å². The highest BCUT2D eigenvalue weighted by Gasteiger charge is 2.25. The van der Waals surface area contributed by atoms with Gasteiger partial charge in [-0.05, 0) is 40.1 Å². The van der Waals surface area contributed by atoms with E-state index in [2.05, 4.69) is 150 Å². The zero-order valence-electron chi connectivity index (χ0n) is 28.2. The van der Waals surface area contributed by atoms with Crippen molar-refractivity contribution in [2.45, 2.75) is 0 Å². The maximum absolute atomic E-state index is 6.56. The Hall–Kier alpha value is -6.82. The molecule has 12 aromatic rings. The summed E-state index contributed by atoms with van der Waals surface area (Å²) in [4.78, 5) is 10.8. The van der Waals surface area contributed by atoms with Crippen molar-refractivity contribution in [2.75, 3.05) is 0 Å². The Morgan fingerprint density at radius 1 is 0.472 bits per heavy atom. The fourth-order valence-corrected chi connectivity index (χ4v) is 9.78. The average Bonchev–Trinajstić information content (AvgIpc) is 3.90. The maximum Gasteiger partial charge on any atom is 0.238 e. The highest BCUT2D eigenvalue weighted by Crippen LogP contribution is 2.48. The summed E-state index contributed by atoms with van der Waals surface area (Å²) in [6, 6.07) is 58.2.